The summed E-state index contributed by atoms with van der Waals surface area (Å²) in [5.74, 6) is 1.05. The summed E-state index contributed by atoms with van der Waals surface area (Å²) < 4.78 is 5.46. The monoisotopic (exact) mass is 301 g/mol. The lowest BCUT2D eigenvalue weighted by atomic mass is 9.80. The molecule has 1 fully saturated rings. The predicted molar refractivity (Wildman–Crippen MR) is 83.1 cm³/mol. The minimum absolute atomic E-state index is 0.127. The standard InChI is InChI=1S/C17H23N3O2/c1-20(2)12-15-18-16(22-19-15)17(21,14-10-6-7-11-14)13-8-4-3-5-9-13/h3-5,8-9,14,21H,6-7,10-12H2,1-2H3. The lowest BCUT2D eigenvalue weighted by Gasteiger charge is -2.30. The van der Waals surface area contributed by atoms with E-state index in [1.165, 1.54) is 0 Å². The number of aliphatic hydroxyl groups is 1. The second-order valence-electron chi connectivity index (χ2n) is 6.37. The Morgan fingerprint density at radius 2 is 1.91 bits per heavy atom. The summed E-state index contributed by atoms with van der Waals surface area (Å²) in [4.78, 5) is 6.45. The van der Waals surface area contributed by atoms with Gasteiger partial charge < -0.3 is 14.5 Å². The molecule has 0 saturated heterocycles. The summed E-state index contributed by atoms with van der Waals surface area (Å²) in [7, 11) is 3.91. The summed E-state index contributed by atoms with van der Waals surface area (Å²) in [5, 5.41) is 15.5. The molecule has 1 unspecified atom stereocenters. The highest BCUT2D eigenvalue weighted by Crippen LogP contribution is 2.44. The average molecular weight is 301 g/mol. The highest BCUT2D eigenvalue weighted by Gasteiger charge is 2.46. The Hall–Kier alpha value is -1.72. The fourth-order valence-corrected chi connectivity index (χ4v) is 3.33. The Morgan fingerprint density at radius 3 is 2.55 bits per heavy atom. The van der Waals surface area contributed by atoms with Gasteiger partial charge in [0.05, 0.1) is 6.54 Å². The Bertz CT molecular complexity index is 605. The highest BCUT2D eigenvalue weighted by molar-refractivity contribution is 5.29. The molecule has 5 heteroatoms. The third-order valence-corrected chi connectivity index (χ3v) is 4.41. The van der Waals surface area contributed by atoms with E-state index in [4.69, 9.17) is 4.52 Å². The van der Waals surface area contributed by atoms with Crippen molar-refractivity contribution in [2.45, 2.75) is 37.8 Å². The number of nitrogens with zero attached hydrogens (tertiary/aromatic N) is 3. The molecule has 1 aromatic heterocycles. The van der Waals surface area contributed by atoms with Crippen LogP contribution in [0.2, 0.25) is 0 Å². The SMILES string of the molecule is CN(C)Cc1noc(C(O)(c2ccccc2)C2CCCC2)n1. The first-order valence-electron chi connectivity index (χ1n) is 7.86. The molecule has 0 radical (unpaired) electrons. The number of hydrogen-bond acceptors (Lipinski definition) is 5. The molecule has 1 saturated carbocycles. The largest absolute Gasteiger partial charge is 0.375 e. The molecule has 0 aliphatic heterocycles. The molecule has 1 atom stereocenters. The normalized spacial score (nSPS) is 18.7. The zero-order valence-corrected chi connectivity index (χ0v) is 13.2. The highest BCUT2D eigenvalue weighted by atomic mass is 16.5. The van der Waals surface area contributed by atoms with Crippen LogP contribution in [0, 0.1) is 5.92 Å². The maximum absolute atomic E-state index is 11.5. The first-order valence-corrected chi connectivity index (χ1v) is 7.86. The van der Waals surface area contributed by atoms with Gasteiger partial charge in [-0.2, -0.15) is 4.98 Å². The van der Waals surface area contributed by atoms with Crippen molar-refractivity contribution >= 4 is 0 Å². The van der Waals surface area contributed by atoms with Gasteiger partial charge in [-0.15, -0.1) is 0 Å². The molecule has 1 aliphatic carbocycles. The van der Waals surface area contributed by atoms with E-state index in [0.717, 1.165) is 31.2 Å². The van der Waals surface area contributed by atoms with Crippen molar-refractivity contribution in [3.63, 3.8) is 0 Å². The number of hydrogen-bond donors (Lipinski definition) is 1. The summed E-state index contributed by atoms with van der Waals surface area (Å²) in [6, 6.07) is 9.70. The molecule has 1 N–H and O–H groups in total. The van der Waals surface area contributed by atoms with Gasteiger partial charge in [0, 0.05) is 5.92 Å². The van der Waals surface area contributed by atoms with Crippen LogP contribution in [-0.2, 0) is 12.1 Å². The number of benzene rings is 1. The molecule has 3 rings (SSSR count). The minimum atomic E-state index is -1.19. The zero-order valence-electron chi connectivity index (χ0n) is 13.2. The van der Waals surface area contributed by atoms with Crippen molar-refractivity contribution in [3.8, 4) is 0 Å². The van der Waals surface area contributed by atoms with Gasteiger partial charge in [0.25, 0.3) is 5.89 Å². The van der Waals surface area contributed by atoms with E-state index in [2.05, 4.69) is 10.1 Å². The van der Waals surface area contributed by atoms with E-state index in [1.807, 2.05) is 49.3 Å². The van der Waals surface area contributed by atoms with Crippen molar-refractivity contribution in [2.24, 2.45) is 5.92 Å². The minimum Gasteiger partial charge on any atom is -0.375 e. The number of aromatic nitrogens is 2. The fraction of sp³-hybridized carbons (Fsp3) is 0.529. The Labute approximate surface area is 131 Å². The van der Waals surface area contributed by atoms with E-state index in [1.54, 1.807) is 0 Å². The Kier molecular flexibility index (Phi) is 4.27. The van der Waals surface area contributed by atoms with Crippen LogP contribution in [-0.4, -0.2) is 34.2 Å². The smallest absolute Gasteiger partial charge is 0.263 e. The second kappa shape index (κ2) is 6.18. The molecule has 1 aromatic carbocycles. The molecule has 2 aromatic rings. The topological polar surface area (TPSA) is 62.4 Å². The first kappa shape index (κ1) is 15.2. The van der Waals surface area contributed by atoms with E-state index in [-0.39, 0.29) is 5.92 Å². The lowest BCUT2D eigenvalue weighted by Crippen LogP contribution is -2.35. The second-order valence-corrected chi connectivity index (χ2v) is 6.37. The average Bonchev–Trinajstić information content (AvgIpc) is 3.18. The van der Waals surface area contributed by atoms with Gasteiger partial charge in [-0.3, -0.25) is 0 Å². The lowest BCUT2D eigenvalue weighted by molar-refractivity contribution is -0.0104. The summed E-state index contributed by atoms with van der Waals surface area (Å²) in [6.07, 6.45) is 4.24. The van der Waals surface area contributed by atoms with Crippen molar-refractivity contribution in [1.29, 1.82) is 0 Å². The van der Waals surface area contributed by atoms with Crippen molar-refractivity contribution in [3.05, 3.63) is 47.6 Å². The van der Waals surface area contributed by atoms with Crippen molar-refractivity contribution in [1.82, 2.24) is 15.0 Å². The Morgan fingerprint density at radius 1 is 1.23 bits per heavy atom. The molecule has 22 heavy (non-hydrogen) atoms. The van der Waals surface area contributed by atoms with Gasteiger partial charge in [-0.25, -0.2) is 0 Å². The van der Waals surface area contributed by atoms with E-state index >= 15 is 0 Å². The third kappa shape index (κ3) is 2.78. The fourth-order valence-electron chi connectivity index (χ4n) is 3.33. The van der Waals surface area contributed by atoms with Crippen LogP contribution in [0.4, 0.5) is 0 Å². The molecule has 0 spiro atoms. The molecule has 0 amide bonds. The van der Waals surface area contributed by atoms with Crippen LogP contribution >= 0.6 is 0 Å². The van der Waals surface area contributed by atoms with Gasteiger partial charge >= 0.3 is 0 Å². The van der Waals surface area contributed by atoms with Crippen LogP contribution in [0.5, 0.6) is 0 Å². The van der Waals surface area contributed by atoms with Crippen LogP contribution in [0.3, 0.4) is 0 Å². The van der Waals surface area contributed by atoms with Gasteiger partial charge in [0.2, 0.25) is 0 Å². The molecular weight excluding hydrogens is 278 g/mol. The summed E-state index contributed by atoms with van der Waals surface area (Å²) in [5.41, 5.74) is -0.350. The van der Waals surface area contributed by atoms with Gasteiger partial charge in [-0.05, 0) is 32.5 Å². The number of rotatable bonds is 5. The van der Waals surface area contributed by atoms with Crippen LogP contribution in [0.1, 0.15) is 43.0 Å². The molecule has 5 nitrogen and oxygen atoms in total. The maximum atomic E-state index is 11.5. The van der Waals surface area contributed by atoms with Gasteiger partial charge in [-0.1, -0.05) is 48.3 Å². The third-order valence-electron chi connectivity index (χ3n) is 4.41. The zero-order chi connectivity index (χ0) is 15.6. The summed E-state index contributed by atoms with van der Waals surface area (Å²) in [6.45, 7) is 0.596. The van der Waals surface area contributed by atoms with Gasteiger partial charge in [0.15, 0.2) is 11.4 Å². The Balaban J connectivity index is 2.00. The van der Waals surface area contributed by atoms with Gasteiger partial charge in [0.1, 0.15) is 0 Å². The van der Waals surface area contributed by atoms with E-state index in [9.17, 15) is 5.11 Å². The van der Waals surface area contributed by atoms with E-state index < -0.39 is 5.60 Å². The summed E-state index contributed by atoms with van der Waals surface area (Å²) >= 11 is 0. The molecule has 0 bridgehead atoms. The first-order chi connectivity index (χ1) is 10.6. The quantitative estimate of drug-likeness (QED) is 0.919. The van der Waals surface area contributed by atoms with Crippen molar-refractivity contribution < 1.29 is 9.63 Å². The van der Waals surface area contributed by atoms with E-state index in [0.29, 0.717) is 18.3 Å². The predicted octanol–water partition coefficient (Wildman–Crippen LogP) is 2.56. The van der Waals surface area contributed by atoms with Crippen LogP contribution < -0.4 is 0 Å². The molecular formula is C17H23N3O2. The molecule has 1 heterocycles. The van der Waals surface area contributed by atoms with Crippen LogP contribution in [0.25, 0.3) is 0 Å². The van der Waals surface area contributed by atoms with Crippen LogP contribution in [0.15, 0.2) is 34.9 Å². The molecule has 118 valence electrons. The maximum Gasteiger partial charge on any atom is 0.263 e. The molecule has 1 aliphatic rings. The van der Waals surface area contributed by atoms with Crippen molar-refractivity contribution in [2.75, 3.05) is 14.1 Å².